The molecule has 3 atom stereocenters. The summed E-state index contributed by atoms with van der Waals surface area (Å²) in [5.41, 5.74) is 10.2. The lowest BCUT2D eigenvalue weighted by Gasteiger charge is -2.26. The summed E-state index contributed by atoms with van der Waals surface area (Å²) in [5.74, 6) is -3.92. The summed E-state index contributed by atoms with van der Waals surface area (Å²) in [6.45, 7) is -0.359. The fourth-order valence-corrected chi connectivity index (χ4v) is 3.21. The van der Waals surface area contributed by atoms with E-state index in [0.29, 0.717) is 19.4 Å². The van der Waals surface area contributed by atoms with Crippen molar-refractivity contribution < 1.29 is 33.9 Å². The number of aliphatic hydroxyl groups excluding tert-OH is 1. The number of nitrogens with one attached hydrogen (secondary N) is 3. The molecule has 8 N–H and O–H groups in total. The lowest BCUT2D eigenvalue weighted by molar-refractivity contribution is -0.140. The van der Waals surface area contributed by atoms with Crippen LogP contribution in [0.4, 0.5) is 0 Å². The Hall–Kier alpha value is -3.22. The SMILES string of the molecule is CNC(=O)C(CO)NC(=O)C(CC(N)=O)NC(=O)C1CCCN1C(=O)CCCC(N)=O. The van der Waals surface area contributed by atoms with Crippen molar-refractivity contribution in [1.82, 2.24) is 20.9 Å². The average molecular weight is 442 g/mol. The molecule has 0 bridgehead atoms. The van der Waals surface area contributed by atoms with Gasteiger partial charge in [0.25, 0.3) is 0 Å². The van der Waals surface area contributed by atoms with Crippen LogP contribution in [-0.4, -0.2) is 83.8 Å². The van der Waals surface area contributed by atoms with E-state index in [4.69, 9.17) is 11.5 Å². The number of likely N-dealkylation sites (N-methyl/N-ethyl adjacent to an activating group) is 1. The Kier molecular flexibility index (Phi) is 10.4. The van der Waals surface area contributed by atoms with Gasteiger partial charge < -0.3 is 37.4 Å². The molecule has 6 amide bonds. The van der Waals surface area contributed by atoms with Gasteiger partial charge in [-0.25, -0.2) is 0 Å². The molecule has 1 fully saturated rings. The van der Waals surface area contributed by atoms with Gasteiger partial charge in [0, 0.05) is 26.4 Å². The summed E-state index contributed by atoms with van der Waals surface area (Å²) < 4.78 is 0. The normalized spacial score (nSPS) is 17.4. The number of hydrogen-bond acceptors (Lipinski definition) is 7. The number of nitrogens with two attached hydrogens (primary N) is 2. The van der Waals surface area contributed by atoms with E-state index in [-0.39, 0.29) is 25.2 Å². The summed E-state index contributed by atoms with van der Waals surface area (Å²) in [4.78, 5) is 72.8. The van der Waals surface area contributed by atoms with E-state index in [1.165, 1.54) is 11.9 Å². The third kappa shape index (κ3) is 8.20. The molecule has 1 rings (SSSR count). The zero-order valence-corrected chi connectivity index (χ0v) is 17.4. The van der Waals surface area contributed by atoms with Gasteiger partial charge in [0.1, 0.15) is 18.1 Å². The molecule has 1 heterocycles. The molecule has 0 aromatic carbocycles. The van der Waals surface area contributed by atoms with Crippen molar-refractivity contribution >= 4 is 35.4 Å². The van der Waals surface area contributed by atoms with Crippen LogP contribution >= 0.6 is 0 Å². The fourth-order valence-electron chi connectivity index (χ4n) is 3.21. The number of primary amides is 2. The van der Waals surface area contributed by atoms with Gasteiger partial charge in [0.2, 0.25) is 35.4 Å². The van der Waals surface area contributed by atoms with Crippen molar-refractivity contribution in [2.24, 2.45) is 11.5 Å². The van der Waals surface area contributed by atoms with Crippen LogP contribution in [-0.2, 0) is 28.8 Å². The standard InChI is InChI=1S/C18H30N6O7/c1-21-16(29)11(9-25)23-17(30)10(8-14(20)27)22-18(31)12-4-3-7-24(12)15(28)6-2-5-13(19)26/h10-12,25H,2-9H2,1H3,(H2,19,26)(H2,20,27)(H,21,29)(H,22,31)(H,23,30). The van der Waals surface area contributed by atoms with Gasteiger partial charge >= 0.3 is 0 Å². The van der Waals surface area contributed by atoms with E-state index >= 15 is 0 Å². The second-order valence-corrected chi connectivity index (χ2v) is 7.15. The predicted molar refractivity (Wildman–Crippen MR) is 107 cm³/mol. The molecule has 1 aliphatic heterocycles. The molecule has 0 radical (unpaired) electrons. The number of carbonyl (C=O) groups excluding carboxylic acids is 6. The summed E-state index contributed by atoms with van der Waals surface area (Å²) in [5, 5.41) is 16.2. The molecule has 1 saturated heterocycles. The van der Waals surface area contributed by atoms with Crippen LogP contribution in [0.3, 0.4) is 0 Å². The maximum absolute atomic E-state index is 12.7. The largest absolute Gasteiger partial charge is 0.394 e. The minimum absolute atomic E-state index is 0.0439. The van der Waals surface area contributed by atoms with Crippen LogP contribution in [0.15, 0.2) is 0 Å². The lowest BCUT2D eigenvalue weighted by Crippen LogP contribution is -2.57. The van der Waals surface area contributed by atoms with Crippen LogP contribution in [0.1, 0.15) is 38.5 Å². The van der Waals surface area contributed by atoms with Gasteiger partial charge in [-0.3, -0.25) is 28.8 Å². The topological polar surface area (TPSA) is 214 Å². The van der Waals surface area contributed by atoms with Crippen molar-refractivity contribution in [3.63, 3.8) is 0 Å². The number of carbonyl (C=O) groups is 6. The van der Waals surface area contributed by atoms with Crippen molar-refractivity contribution in [1.29, 1.82) is 0 Å². The Balaban J connectivity index is 2.82. The number of rotatable bonds is 12. The van der Waals surface area contributed by atoms with Crippen LogP contribution in [0.5, 0.6) is 0 Å². The quantitative estimate of drug-likeness (QED) is 0.177. The highest BCUT2D eigenvalue weighted by Gasteiger charge is 2.36. The molecule has 13 heteroatoms. The molecule has 13 nitrogen and oxygen atoms in total. The monoisotopic (exact) mass is 442 g/mol. The Morgan fingerprint density at radius 2 is 1.68 bits per heavy atom. The number of aliphatic hydroxyl groups is 1. The average Bonchev–Trinajstić information content (AvgIpc) is 3.20. The second-order valence-electron chi connectivity index (χ2n) is 7.15. The Labute approximate surface area is 179 Å². The van der Waals surface area contributed by atoms with Gasteiger partial charge in [-0.15, -0.1) is 0 Å². The summed E-state index contributed by atoms with van der Waals surface area (Å²) in [6.07, 6.45) is 0.735. The van der Waals surface area contributed by atoms with Crippen LogP contribution in [0.2, 0.25) is 0 Å². The minimum Gasteiger partial charge on any atom is -0.394 e. The molecule has 0 spiro atoms. The van der Waals surface area contributed by atoms with E-state index in [9.17, 15) is 33.9 Å². The summed E-state index contributed by atoms with van der Waals surface area (Å²) in [7, 11) is 1.31. The van der Waals surface area contributed by atoms with E-state index in [0.717, 1.165) is 0 Å². The molecular weight excluding hydrogens is 412 g/mol. The van der Waals surface area contributed by atoms with Crippen molar-refractivity contribution in [2.75, 3.05) is 20.2 Å². The first kappa shape index (κ1) is 25.8. The Morgan fingerprint density at radius 1 is 1.00 bits per heavy atom. The van der Waals surface area contributed by atoms with Crippen molar-refractivity contribution in [3.05, 3.63) is 0 Å². The maximum Gasteiger partial charge on any atom is 0.244 e. The minimum atomic E-state index is -1.39. The van der Waals surface area contributed by atoms with Crippen LogP contribution < -0.4 is 27.4 Å². The van der Waals surface area contributed by atoms with E-state index < -0.39 is 60.7 Å². The molecule has 0 aliphatic carbocycles. The van der Waals surface area contributed by atoms with Crippen LogP contribution in [0, 0.1) is 0 Å². The summed E-state index contributed by atoms with van der Waals surface area (Å²) >= 11 is 0. The van der Waals surface area contributed by atoms with Crippen LogP contribution in [0.25, 0.3) is 0 Å². The van der Waals surface area contributed by atoms with E-state index in [2.05, 4.69) is 16.0 Å². The van der Waals surface area contributed by atoms with E-state index in [1.54, 1.807) is 0 Å². The number of nitrogens with zero attached hydrogens (tertiary/aromatic N) is 1. The summed E-state index contributed by atoms with van der Waals surface area (Å²) in [6, 6.07) is -3.52. The first-order chi connectivity index (χ1) is 14.6. The molecule has 0 aromatic rings. The van der Waals surface area contributed by atoms with Crippen molar-refractivity contribution in [3.8, 4) is 0 Å². The fraction of sp³-hybridized carbons (Fsp3) is 0.667. The molecule has 0 aromatic heterocycles. The number of likely N-dealkylation sites (tertiary alicyclic amines) is 1. The zero-order chi connectivity index (χ0) is 23.6. The van der Waals surface area contributed by atoms with Gasteiger partial charge in [-0.05, 0) is 19.3 Å². The lowest BCUT2D eigenvalue weighted by atomic mass is 10.1. The number of hydrogen-bond donors (Lipinski definition) is 6. The first-order valence-corrected chi connectivity index (χ1v) is 9.90. The van der Waals surface area contributed by atoms with E-state index in [1.807, 2.05) is 0 Å². The predicted octanol–water partition coefficient (Wildman–Crippen LogP) is -3.78. The highest BCUT2D eigenvalue weighted by Crippen LogP contribution is 2.19. The maximum atomic E-state index is 12.7. The third-order valence-electron chi connectivity index (χ3n) is 4.79. The Morgan fingerprint density at radius 3 is 2.23 bits per heavy atom. The molecule has 3 unspecified atom stereocenters. The number of amides is 6. The molecule has 1 aliphatic rings. The third-order valence-corrected chi connectivity index (χ3v) is 4.79. The highest BCUT2D eigenvalue weighted by molar-refractivity contribution is 5.96. The second kappa shape index (κ2) is 12.5. The molecular formula is C18H30N6O7. The van der Waals surface area contributed by atoms with Gasteiger partial charge in [0.05, 0.1) is 13.0 Å². The van der Waals surface area contributed by atoms with Gasteiger partial charge in [-0.1, -0.05) is 0 Å². The van der Waals surface area contributed by atoms with Gasteiger partial charge in [0.15, 0.2) is 0 Å². The first-order valence-electron chi connectivity index (χ1n) is 9.90. The molecule has 0 saturated carbocycles. The Bertz CT molecular complexity index is 714. The molecule has 174 valence electrons. The zero-order valence-electron chi connectivity index (χ0n) is 17.4. The van der Waals surface area contributed by atoms with Gasteiger partial charge in [-0.2, -0.15) is 0 Å². The van der Waals surface area contributed by atoms with Crippen molar-refractivity contribution in [2.45, 2.75) is 56.7 Å². The molecule has 31 heavy (non-hydrogen) atoms. The highest BCUT2D eigenvalue weighted by atomic mass is 16.3. The smallest absolute Gasteiger partial charge is 0.244 e.